The molecule has 0 bridgehead atoms. The van der Waals surface area contributed by atoms with E-state index in [2.05, 4.69) is 15.2 Å². The van der Waals surface area contributed by atoms with Crippen LogP contribution in [0, 0.1) is 5.92 Å². The number of aromatic nitrogens is 1. The van der Waals surface area contributed by atoms with Crippen LogP contribution in [0.15, 0.2) is 42.6 Å². The Hall–Kier alpha value is -2.98. The number of halogens is 3. The summed E-state index contributed by atoms with van der Waals surface area (Å²) in [5.41, 5.74) is 0.763. The number of fused-ring (bicyclic) bond motifs is 1. The Kier molecular flexibility index (Phi) is 7.99. The summed E-state index contributed by atoms with van der Waals surface area (Å²) >= 11 is 0. The highest BCUT2D eigenvalue weighted by Crippen LogP contribution is 2.32. The molecule has 0 aliphatic carbocycles. The Labute approximate surface area is 220 Å². The summed E-state index contributed by atoms with van der Waals surface area (Å²) in [5, 5.41) is 3.16. The third-order valence-electron chi connectivity index (χ3n) is 7.96. The van der Waals surface area contributed by atoms with E-state index in [1.54, 1.807) is 6.20 Å². The van der Waals surface area contributed by atoms with Crippen LogP contribution in [0.3, 0.4) is 0 Å². The van der Waals surface area contributed by atoms with Gasteiger partial charge in [0.05, 0.1) is 12.1 Å². The van der Waals surface area contributed by atoms with Crippen LogP contribution >= 0.6 is 0 Å². The largest absolute Gasteiger partial charge is 0.416 e. The number of ether oxygens (including phenoxy) is 1. The summed E-state index contributed by atoms with van der Waals surface area (Å²) in [6.45, 7) is 3.21. The van der Waals surface area contributed by atoms with Crippen molar-refractivity contribution in [2.24, 2.45) is 5.92 Å². The molecule has 0 saturated carbocycles. The van der Waals surface area contributed by atoms with Gasteiger partial charge in [-0.1, -0.05) is 12.1 Å². The number of carbonyl (C=O) groups excluding carboxylic acids is 2. The van der Waals surface area contributed by atoms with Crippen LogP contribution in [0.5, 0.6) is 0 Å². The number of rotatable bonds is 7. The molecule has 2 atom stereocenters. The highest BCUT2D eigenvalue weighted by atomic mass is 19.4. The summed E-state index contributed by atoms with van der Waals surface area (Å²) in [7, 11) is 0. The first-order chi connectivity index (χ1) is 18.3. The van der Waals surface area contributed by atoms with Gasteiger partial charge in [-0.25, -0.2) is 0 Å². The van der Waals surface area contributed by atoms with Crippen LogP contribution in [0.4, 0.5) is 13.2 Å². The molecule has 0 spiro atoms. The van der Waals surface area contributed by atoms with Crippen molar-refractivity contribution in [1.82, 2.24) is 20.1 Å². The van der Waals surface area contributed by atoms with Gasteiger partial charge < -0.3 is 15.0 Å². The Morgan fingerprint density at radius 1 is 1.13 bits per heavy atom. The number of carbonyl (C=O) groups is 2. The molecule has 2 fully saturated rings. The number of likely N-dealkylation sites (tertiary alicyclic amines) is 1. The summed E-state index contributed by atoms with van der Waals surface area (Å²) in [6, 6.07) is 9.48. The zero-order valence-electron chi connectivity index (χ0n) is 21.3. The second-order valence-electron chi connectivity index (χ2n) is 10.4. The third-order valence-corrected chi connectivity index (χ3v) is 7.96. The van der Waals surface area contributed by atoms with Crippen molar-refractivity contribution >= 4 is 11.8 Å². The topological polar surface area (TPSA) is 74.8 Å². The maximum atomic E-state index is 13.2. The Balaban J connectivity index is 1.23. The molecular weight excluding hydrogens is 497 g/mol. The van der Waals surface area contributed by atoms with Gasteiger partial charge >= 0.3 is 6.18 Å². The number of aryl methyl sites for hydroxylation is 1. The molecule has 3 aliphatic heterocycles. The summed E-state index contributed by atoms with van der Waals surface area (Å²) < 4.78 is 45.1. The van der Waals surface area contributed by atoms with Crippen LogP contribution in [-0.4, -0.2) is 78.1 Å². The van der Waals surface area contributed by atoms with Gasteiger partial charge in [0.2, 0.25) is 5.91 Å². The van der Waals surface area contributed by atoms with Crippen molar-refractivity contribution in [3.8, 4) is 0 Å². The van der Waals surface area contributed by atoms with Crippen molar-refractivity contribution < 1.29 is 27.5 Å². The van der Waals surface area contributed by atoms with Crippen LogP contribution in [-0.2, 0) is 28.5 Å². The maximum absolute atomic E-state index is 13.2. The molecule has 2 aromatic rings. The number of hydrogen-bond donors (Lipinski definition) is 1. The minimum atomic E-state index is -4.53. The second-order valence-corrected chi connectivity index (χ2v) is 10.4. The molecule has 1 aromatic carbocycles. The smallest absolute Gasteiger partial charge is 0.381 e. The van der Waals surface area contributed by atoms with Gasteiger partial charge in [-0.2, -0.15) is 13.2 Å². The quantitative estimate of drug-likeness (QED) is 0.595. The molecule has 204 valence electrons. The molecule has 38 heavy (non-hydrogen) atoms. The second kappa shape index (κ2) is 11.4. The predicted octanol–water partition coefficient (Wildman–Crippen LogP) is 3.33. The highest BCUT2D eigenvalue weighted by molar-refractivity contribution is 5.99. The van der Waals surface area contributed by atoms with E-state index in [4.69, 9.17) is 4.74 Å². The molecule has 1 unspecified atom stereocenters. The zero-order chi connectivity index (χ0) is 26.7. The monoisotopic (exact) mass is 530 g/mol. The van der Waals surface area contributed by atoms with Crippen molar-refractivity contribution in [1.29, 1.82) is 0 Å². The first-order valence-electron chi connectivity index (χ1n) is 13.3. The van der Waals surface area contributed by atoms with E-state index < -0.39 is 17.6 Å². The minimum absolute atomic E-state index is 0.0265. The zero-order valence-corrected chi connectivity index (χ0v) is 21.3. The molecule has 10 heteroatoms. The van der Waals surface area contributed by atoms with E-state index in [0.717, 1.165) is 69.8 Å². The van der Waals surface area contributed by atoms with Crippen LogP contribution in [0.25, 0.3) is 0 Å². The number of hydrogen-bond acceptors (Lipinski definition) is 5. The first kappa shape index (κ1) is 26.6. The van der Waals surface area contributed by atoms with Crippen molar-refractivity contribution in [2.75, 3.05) is 39.4 Å². The maximum Gasteiger partial charge on any atom is 0.416 e. The lowest BCUT2D eigenvalue weighted by Gasteiger charge is -2.31. The van der Waals surface area contributed by atoms with Crippen LogP contribution in [0.1, 0.15) is 46.4 Å². The number of benzene rings is 1. The average Bonchev–Trinajstić information content (AvgIpc) is 3.32. The van der Waals surface area contributed by atoms with Crippen LogP contribution in [0.2, 0.25) is 0 Å². The van der Waals surface area contributed by atoms with Gasteiger partial charge in [0.15, 0.2) is 0 Å². The molecule has 1 aromatic heterocycles. The lowest BCUT2D eigenvalue weighted by Crippen LogP contribution is -2.49. The molecule has 2 amide bonds. The Morgan fingerprint density at radius 3 is 2.68 bits per heavy atom. The number of amides is 2. The summed E-state index contributed by atoms with van der Waals surface area (Å²) in [6.07, 6.45) is 1.28. The normalized spacial score (nSPS) is 22.9. The van der Waals surface area contributed by atoms with E-state index >= 15 is 0 Å². The summed E-state index contributed by atoms with van der Waals surface area (Å²) in [5.74, 6) is -0.583. The lowest BCUT2D eigenvalue weighted by molar-refractivity contribution is -0.137. The van der Waals surface area contributed by atoms with E-state index in [0.29, 0.717) is 24.6 Å². The molecule has 0 radical (unpaired) electrons. The van der Waals surface area contributed by atoms with Crippen LogP contribution < -0.4 is 5.32 Å². The van der Waals surface area contributed by atoms with E-state index in [9.17, 15) is 22.8 Å². The van der Waals surface area contributed by atoms with Crippen molar-refractivity contribution in [3.05, 3.63) is 65.0 Å². The standard InChI is InChI=1S/C28H33F3N4O3/c29-28(30,31)21-6-4-19-8-12-34(27(37)24(19)15-21)18-26(36)33-25-17-35(23-9-13-38-14-10-23)16-20(25)5-7-22-3-1-2-11-32-22/h1-4,6,11,15,20,23,25H,5,7-10,12-14,16-18H2,(H,33,36)/t20-,25?/m0/s1. The van der Waals surface area contributed by atoms with E-state index in [-0.39, 0.29) is 30.0 Å². The average molecular weight is 531 g/mol. The van der Waals surface area contributed by atoms with Crippen molar-refractivity contribution in [3.63, 3.8) is 0 Å². The number of pyridine rings is 1. The van der Waals surface area contributed by atoms with Gasteiger partial charge in [-0.15, -0.1) is 0 Å². The van der Waals surface area contributed by atoms with Gasteiger partial charge in [-0.3, -0.25) is 19.5 Å². The Bertz CT molecular complexity index is 1140. The van der Waals surface area contributed by atoms with E-state index in [1.807, 2.05) is 18.2 Å². The lowest BCUT2D eigenvalue weighted by atomic mass is 9.96. The third kappa shape index (κ3) is 6.18. The van der Waals surface area contributed by atoms with Gasteiger partial charge in [0.25, 0.3) is 5.91 Å². The first-order valence-corrected chi connectivity index (χ1v) is 13.3. The molecule has 3 aliphatic rings. The molecule has 7 nitrogen and oxygen atoms in total. The SMILES string of the molecule is O=C(CN1CCc2ccc(C(F)(F)F)cc2C1=O)NC1CN(C2CCOCC2)C[C@@H]1CCc1ccccn1. The minimum Gasteiger partial charge on any atom is -0.381 e. The van der Waals surface area contributed by atoms with Crippen molar-refractivity contribution in [2.45, 2.75) is 50.4 Å². The van der Waals surface area contributed by atoms with Gasteiger partial charge in [0.1, 0.15) is 0 Å². The predicted molar refractivity (Wildman–Crippen MR) is 134 cm³/mol. The van der Waals surface area contributed by atoms with E-state index in [1.165, 1.54) is 11.0 Å². The highest BCUT2D eigenvalue weighted by Gasteiger charge is 2.38. The number of nitrogens with zero attached hydrogens (tertiary/aromatic N) is 3. The number of alkyl halides is 3. The fourth-order valence-electron chi connectivity index (χ4n) is 5.86. The van der Waals surface area contributed by atoms with Gasteiger partial charge in [0, 0.05) is 62.4 Å². The number of nitrogens with one attached hydrogen (secondary N) is 1. The van der Waals surface area contributed by atoms with Gasteiger partial charge in [-0.05, 0) is 67.9 Å². The molecule has 4 heterocycles. The fourth-order valence-corrected chi connectivity index (χ4v) is 5.86. The molecule has 1 N–H and O–H groups in total. The molecule has 5 rings (SSSR count). The fraction of sp³-hybridized carbons (Fsp3) is 0.536. The summed E-state index contributed by atoms with van der Waals surface area (Å²) in [4.78, 5) is 34.3. The molecule has 2 saturated heterocycles. The molecular formula is C28H33F3N4O3. The Morgan fingerprint density at radius 2 is 1.95 bits per heavy atom.